The van der Waals surface area contributed by atoms with Crippen molar-refractivity contribution in [3.63, 3.8) is 0 Å². The highest BCUT2D eigenvalue weighted by atomic mass is 16.5. The van der Waals surface area contributed by atoms with E-state index in [2.05, 4.69) is 20.3 Å². The molecule has 4 rings (SSSR count). The standard InChI is InChI=1S/C16H22N6O2/c1-9-12(8-21(2)20-9)16(23)22-7-11(24-3)6-13(22)15-17-14(18-19-15)10-4-5-10/h8,10-11,13H,4-7H2,1-3H3,(H,17,18,19)/t11-,13+/m1/s1. The quantitative estimate of drug-likeness (QED) is 0.913. The second-order valence-corrected chi connectivity index (χ2v) is 6.72. The first-order valence-electron chi connectivity index (χ1n) is 8.33. The number of aromatic nitrogens is 5. The highest BCUT2D eigenvalue weighted by Gasteiger charge is 2.40. The van der Waals surface area contributed by atoms with Crippen molar-refractivity contribution in [2.75, 3.05) is 13.7 Å². The van der Waals surface area contributed by atoms with Crippen LogP contribution in [0.3, 0.4) is 0 Å². The number of aryl methyl sites for hydroxylation is 2. The molecule has 0 bridgehead atoms. The van der Waals surface area contributed by atoms with Gasteiger partial charge in [0.2, 0.25) is 0 Å². The van der Waals surface area contributed by atoms with E-state index < -0.39 is 0 Å². The maximum absolute atomic E-state index is 13.0. The van der Waals surface area contributed by atoms with Gasteiger partial charge in [-0.1, -0.05) is 0 Å². The summed E-state index contributed by atoms with van der Waals surface area (Å²) in [6.45, 7) is 2.40. The third-order valence-electron chi connectivity index (χ3n) is 4.88. The van der Waals surface area contributed by atoms with Gasteiger partial charge in [0.15, 0.2) is 5.82 Å². The first-order chi connectivity index (χ1) is 11.6. The molecular weight excluding hydrogens is 308 g/mol. The zero-order valence-electron chi connectivity index (χ0n) is 14.2. The van der Waals surface area contributed by atoms with E-state index in [0.29, 0.717) is 18.0 Å². The molecule has 1 saturated carbocycles. The Labute approximate surface area is 140 Å². The largest absolute Gasteiger partial charge is 0.380 e. The van der Waals surface area contributed by atoms with Crippen molar-refractivity contribution < 1.29 is 9.53 Å². The maximum Gasteiger partial charge on any atom is 0.258 e. The van der Waals surface area contributed by atoms with Gasteiger partial charge in [0.25, 0.3) is 5.91 Å². The number of H-pyrrole nitrogens is 1. The summed E-state index contributed by atoms with van der Waals surface area (Å²) >= 11 is 0. The van der Waals surface area contributed by atoms with E-state index in [4.69, 9.17) is 4.74 Å². The van der Waals surface area contributed by atoms with Crippen LogP contribution in [0, 0.1) is 6.92 Å². The fourth-order valence-electron chi connectivity index (χ4n) is 3.38. The fourth-order valence-corrected chi connectivity index (χ4v) is 3.38. The van der Waals surface area contributed by atoms with Crippen molar-refractivity contribution >= 4 is 5.91 Å². The zero-order valence-corrected chi connectivity index (χ0v) is 14.2. The van der Waals surface area contributed by atoms with Crippen LogP contribution >= 0.6 is 0 Å². The first kappa shape index (κ1) is 15.3. The van der Waals surface area contributed by atoms with E-state index >= 15 is 0 Å². The lowest BCUT2D eigenvalue weighted by Crippen LogP contribution is -2.32. The molecule has 2 aromatic rings. The van der Waals surface area contributed by atoms with Crippen molar-refractivity contribution in [1.82, 2.24) is 29.9 Å². The summed E-state index contributed by atoms with van der Waals surface area (Å²) < 4.78 is 7.17. The Hall–Kier alpha value is -2.22. The van der Waals surface area contributed by atoms with E-state index in [0.717, 1.165) is 36.6 Å². The molecule has 1 saturated heterocycles. The SMILES string of the molecule is CO[C@@H]1C[C@@H](c2nc(C3CC3)n[nH]2)N(C(=O)c2cn(C)nc2C)C1. The minimum Gasteiger partial charge on any atom is -0.380 e. The highest BCUT2D eigenvalue weighted by Crippen LogP contribution is 2.39. The van der Waals surface area contributed by atoms with Crippen LogP contribution in [-0.2, 0) is 11.8 Å². The average molecular weight is 330 g/mol. The maximum atomic E-state index is 13.0. The van der Waals surface area contributed by atoms with E-state index in [-0.39, 0.29) is 18.1 Å². The highest BCUT2D eigenvalue weighted by molar-refractivity contribution is 5.95. The zero-order chi connectivity index (χ0) is 16.8. The number of carbonyl (C=O) groups excluding carboxylic acids is 1. The van der Waals surface area contributed by atoms with Gasteiger partial charge < -0.3 is 9.64 Å². The van der Waals surface area contributed by atoms with Crippen LogP contribution in [0.5, 0.6) is 0 Å². The summed E-state index contributed by atoms with van der Waals surface area (Å²) in [6.07, 6.45) is 4.80. The second-order valence-electron chi connectivity index (χ2n) is 6.72. The molecule has 1 aliphatic carbocycles. The summed E-state index contributed by atoms with van der Waals surface area (Å²) in [6, 6.07) is -0.137. The Bertz CT molecular complexity index is 762. The van der Waals surface area contributed by atoms with E-state index in [1.165, 1.54) is 0 Å². The van der Waals surface area contributed by atoms with Crippen LogP contribution in [0.1, 0.15) is 58.9 Å². The predicted molar refractivity (Wildman–Crippen MR) is 85.5 cm³/mol. The van der Waals surface area contributed by atoms with Gasteiger partial charge >= 0.3 is 0 Å². The molecule has 8 heteroatoms. The minimum atomic E-state index is -0.137. The van der Waals surface area contributed by atoms with E-state index in [9.17, 15) is 4.79 Å². The molecule has 2 aromatic heterocycles. The number of rotatable bonds is 4. The molecule has 0 spiro atoms. The Morgan fingerprint density at radius 2 is 2.21 bits per heavy atom. The number of hydrogen-bond donors (Lipinski definition) is 1. The van der Waals surface area contributed by atoms with Gasteiger partial charge in [-0.3, -0.25) is 14.6 Å². The van der Waals surface area contributed by atoms with Crippen molar-refractivity contribution in [3.8, 4) is 0 Å². The number of nitrogens with one attached hydrogen (secondary N) is 1. The van der Waals surface area contributed by atoms with Crippen LogP contribution in [0.25, 0.3) is 0 Å². The molecule has 2 aliphatic rings. The Balaban J connectivity index is 1.63. The normalized spacial score (nSPS) is 23.9. The average Bonchev–Trinajstić information content (AvgIpc) is 3.00. The monoisotopic (exact) mass is 330 g/mol. The van der Waals surface area contributed by atoms with Crippen LogP contribution in [-0.4, -0.2) is 55.5 Å². The van der Waals surface area contributed by atoms with Crippen LogP contribution < -0.4 is 0 Å². The Morgan fingerprint density at radius 3 is 2.83 bits per heavy atom. The molecule has 0 unspecified atom stereocenters. The van der Waals surface area contributed by atoms with Gasteiger partial charge in [-0.15, -0.1) is 0 Å². The van der Waals surface area contributed by atoms with Crippen molar-refractivity contribution in [3.05, 3.63) is 29.1 Å². The molecule has 8 nitrogen and oxygen atoms in total. The molecule has 1 N–H and O–H groups in total. The summed E-state index contributed by atoms with van der Waals surface area (Å²) in [7, 11) is 3.50. The minimum absolute atomic E-state index is 0.00500. The molecule has 0 radical (unpaired) electrons. The molecule has 128 valence electrons. The molecule has 1 amide bonds. The van der Waals surface area contributed by atoms with Gasteiger partial charge in [0.1, 0.15) is 5.82 Å². The lowest BCUT2D eigenvalue weighted by Gasteiger charge is -2.22. The third kappa shape index (κ3) is 2.60. The van der Waals surface area contributed by atoms with Crippen LogP contribution in [0.2, 0.25) is 0 Å². The number of hydrogen-bond acceptors (Lipinski definition) is 5. The van der Waals surface area contributed by atoms with Crippen molar-refractivity contribution in [2.45, 2.75) is 44.2 Å². The molecule has 2 fully saturated rings. The number of methoxy groups -OCH3 is 1. The van der Waals surface area contributed by atoms with Crippen LogP contribution in [0.15, 0.2) is 6.20 Å². The number of ether oxygens (including phenoxy) is 1. The molecule has 1 aliphatic heterocycles. The van der Waals surface area contributed by atoms with Crippen molar-refractivity contribution in [2.24, 2.45) is 7.05 Å². The Morgan fingerprint density at radius 1 is 1.42 bits per heavy atom. The van der Waals surface area contributed by atoms with Gasteiger partial charge in [-0.25, -0.2) is 4.98 Å². The molecule has 2 atom stereocenters. The van der Waals surface area contributed by atoms with E-state index in [1.807, 2.05) is 18.9 Å². The number of aromatic amines is 1. The van der Waals surface area contributed by atoms with Gasteiger partial charge in [0, 0.05) is 39.2 Å². The summed E-state index contributed by atoms with van der Waals surface area (Å²) in [5.74, 6) is 2.08. The van der Waals surface area contributed by atoms with Gasteiger partial charge in [0.05, 0.1) is 23.4 Å². The predicted octanol–water partition coefficient (Wildman–Crippen LogP) is 1.33. The number of likely N-dealkylation sites (tertiary alicyclic amines) is 1. The third-order valence-corrected chi connectivity index (χ3v) is 4.88. The number of amides is 1. The Kier molecular flexibility index (Phi) is 3.64. The molecule has 24 heavy (non-hydrogen) atoms. The molecular formula is C16H22N6O2. The molecule has 3 heterocycles. The van der Waals surface area contributed by atoms with Crippen molar-refractivity contribution in [1.29, 1.82) is 0 Å². The van der Waals surface area contributed by atoms with E-state index in [1.54, 1.807) is 18.0 Å². The van der Waals surface area contributed by atoms with Gasteiger partial charge in [-0.05, 0) is 19.8 Å². The first-order valence-corrected chi connectivity index (χ1v) is 8.33. The number of nitrogens with zero attached hydrogens (tertiary/aromatic N) is 5. The lowest BCUT2D eigenvalue weighted by atomic mass is 10.1. The second kappa shape index (κ2) is 5.70. The molecule has 0 aromatic carbocycles. The summed E-state index contributed by atoms with van der Waals surface area (Å²) in [4.78, 5) is 19.5. The number of carbonyl (C=O) groups is 1. The van der Waals surface area contributed by atoms with Gasteiger partial charge in [-0.2, -0.15) is 10.2 Å². The summed E-state index contributed by atoms with van der Waals surface area (Å²) in [5, 5.41) is 11.6. The summed E-state index contributed by atoms with van der Waals surface area (Å²) in [5.41, 5.74) is 1.36. The smallest absolute Gasteiger partial charge is 0.258 e. The topological polar surface area (TPSA) is 88.9 Å². The van der Waals surface area contributed by atoms with Crippen LogP contribution in [0.4, 0.5) is 0 Å². The lowest BCUT2D eigenvalue weighted by molar-refractivity contribution is 0.0683. The fraction of sp³-hybridized carbons (Fsp3) is 0.625.